The molecule has 0 fully saturated rings. The van der Waals surface area contributed by atoms with Gasteiger partial charge in [-0.1, -0.05) is 31.1 Å². The maximum atomic E-state index is 13.6. The van der Waals surface area contributed by atoms with E-state index in [1.807, 2.05) is 48.5 Å². The first-order valence-electron chi connectivity index (χ1n) is 13.0. The van der Waals surface area contributed by atoms with Gasteiger partial charge in [0.2, 0.25) is 5.88 Å². The molecule has 0 radical (unpaired) electrons. The monoisotopic (exact) mass is 539 g/mol. The molecule has 1 atom stereocenters. The SMILES string of the molecule is COc1ccc(/C=N/OCc2nc3c4c(ncn3n2)OC2=C(C(=O)CC(C)(C)C2)C4c2ccc(OC)cc2)cc1. The molecule has 0 N–H and O–H groups in total. The number of fused-ring (bicyclic) bond motifs is 3. The van der Waals surface area contributed by atoms with Crippen LogP contribution in [0.15, 0.2) is 71.3 Å². The van der Waals surface area contributed by atoms with E-state index in [1.165, 1.54) is 0 Å². The van der Waals surface area contributed by atoms with Crippen LogP contribution >= 0.6 is 0 Å². The summed E-state index contributed by atoms with van der Waals surface area (Å²) < 4.78 is 18.4. The molecule has 6 rings (SSSR count). The fourth-order valence-electron chi connectivity index (χ4n) is 5.26. The fourth-order valence-corrected chi connectivity index (χ4v) is 5.26. The Bertz CT molecular complexity index is 1640. The number of rotatable bonds is 7. The number of ketones is 1. The molecule has 3 heterocycles. The van der Waals surface area contributed by atoms with Gasteiger partial charge in [-0.15, -0.1) is 5.10 Å². The van der Waals surface area contributed by atoms with Crippen molar-refractivity contribution in [1.82, 2.24) is 19.6 Å². The molecular formula is C30H29N5O5. The quantitative estimate of drug-likeness (QED) is 0.242. The van der Waals surface area contributed by atoms with E-state index in [2.05, 4.69) is 29.1 Å². The minimum absolute atomic E-state index is 0.0538. The van der Waals surface area contributed by atoms with Gasteiger partial charge >= 0.3 is 0 Å². The van der Waals surface area contributed by atoms with Crippen LogP contribution in [0, 0.1) is 5.41 Å². The Morgan fingerprint density at radius 2 is 1.75 bits per heavy atom. The largest absolute Gasteiger partial charge is 0.497 e. The molecule has 2 aliphatic rings. The third-order valence-corrected chi connectivity index (χ3v) is 7.14. The lowest BCUT2D eigenvalue weighted by Crippen LogP contribution is -2.33. The van der Waals surface area contributed by atoms with Gasteiger partial charge in [0.25, 0.3) is 0 Å². The first kappa shape index (κ1) is 25.5. The Labute approximate surface area is 231 Å². The Morgan fingerprint density at radius 1 is 1.05 bits per heavy atom. The van der Waals surface area contributed by atoms with E-state index in [0.29, 0.717) is 47.1 Å². The van der Waals surface area contributed by atoms with Crippen molar-refractivity contribution in [2.75, 3.05) is 14.2 Å². The Hall–Kier alpha value is -4.73. The van der Waals surface area contributed by atoms with Gasteiger partial charge in [0.15, 0.2) is 23.9 Å². The van der Waals surface area contributed by atoms with Gasteiger partial charge in [0, 0.05) is 24.3 Å². The molecule has 1 unspecified atom stereocenters. The zero-order valence-electron chi connectivity index (χ0n) is 22.7. The van der Waals surface area contributed by atoms with Crippen molar-refractivity contribution in [1.29, 1.82) is 0 Å². The van der Waals surface area contributed by atoms with E-state index in [0.717, 1.165) is 22.6 Å². The van der Waals surface area contributed by atoms with Crippen molar-refractivity contribution in [2.24, 2.45) is 10.6 Å². The van der Waals surface area contributed by atoms with Gasteiger partial charge in [-0.2, -0.15) is 0 Å². The number of oxime groups is 1. The first-order valence-corrected chi connectivity index (χ1v) is 13.0. The molecule has 0 saturated carbocycles. The van der Waals surface area contributed by atoms with E-state index in [4.69, 9.17) is 24.0 Å². The number of ether oxygens (including phenoxy) is 3. The van der Waals surface area contributed by atoms with Gasteiger partial charge in [-0.25, -0.2) is 14.5 Å². The van der Waals surface area contributed by atoms with E-state index >= 15 is 0 Å². The third-order valence-electron chi connectivity index (χ3n) is 7.14. The lowest BCUT2D eigenvalue weighted by Gasteiger charge is -2.37. The highest BCUT2D eigenvalue weighted by molar-refractivity contribution is 6.00. The average Bonchev–Trinajstić information content (AvgIpc) is 3.37. The van der Waals surface area contributed by atoms with Crippen LogP contribution < -0.4 is 14.2 Å². The van der Waals surface area contributed by atoms with Crippen molar-refractivity contribution in [3.63, 3.8) is 0 Å². The van der Waals surface area contributed by atoms with Crippen molar-refractivity contribution >= 4 is 17.6 Å². The van der Waals surface area contributed by atoms with E-state index in [1.54, 1.807) is 31.3 Å². The lowest BCUT2D eigenvalue weighted by molar-refractivity contribution is -0.118. The number of methoxy groups -OCH3 is 2. The van der Waals surface area contributed by atoms with Crippen LogP contribution in [-0.2, 0) is 16.2 Å². The lowest BCUT2D eigenvalue weighted by atomic mass is 9.70. The number of benzene rings is 2. The average molecular weight is 540 g/mol. The minimum Gasteiger partial charge on any atom is -0.497 e. The number of hydrogen-bond acceptors (Lipinski definition) is 9. The highest BCUT2D eigenvalue weighted by Gasteiger charge is 2.44. The standard InChI is InChI=1S/C30H29N5O5/c1-30(2)13-22(36)26-23(14-30)40-29-27(25(26)19-7-11-21(38-4)12-8-19)28-33-24(34-35(28)17-31-29)16-39-32-15-18-5-9-20(37-3)10-6-18/h5-12,15,17,25H,13-14,16H2,1-4H3/b32-15+. The van der Waals surface area contributed by atoms with Crippen molar-refractivity contribution < 1.29 is 23.8 Å². The Kier molecular flexibility index (Phi) is 6.45. The van der Waals surface area contributed by atoms with Crippen molar-refractivity contribution in [2.45, 2.75) is 39.2 Å². The molecule has 10 nitrogen and oxygen atoms in total. The van der Waals surface area contributed by atoms with E-state index < -0.39 is 5.92 Å². The molecule has 0 saturated heterocycles. The predicted octanol–water partition coefficient (Wildman–Crippen LogP) is 4.86. The number of Topliss-reactive ketones (excluding diaryl/α,β-unsaturated/α-hetero) is 1. The molecule has 2 aromatic heterocycles. The summed E-state index contributed by atoms with van der Waals surface area (Å²) in [4.78, 5) is 28.4. The summed E-state index contributed by atoms with van der Waals surface area (Å²) in [6.07, 6.45) is 4.25. The van der Waals surface area contributed by atoms with Gasteiger partial charge in [-0.3, -0.25) is 4.79 Å². The van der Waals surface area contributed by atoms with Crippen LogP contribution in [0.25, 0.3) is 5.65 Å². The summed E-state index contributed by atoms with van der Waals surface area (Å²) in [6, 6.07) is 15.2. The molecular weight excluding hydrogens is 510 g/mol. The summed E-state index contributed by atoms with van der Waals surface area (Å²) in [5.74, 6) is 2.67. The summed E-state index contributed by atoms with van der Waals surface area (Å²) in [7, 11) is 3.25. The van der Waals surface area contributed by atoms with Crippen molar-refractivity contribution in [3.05, 3.63) is 88.7 Å². The van der Waals surface area contributed by atoms with Crippen LogP contribution in [0.2, 0.25) is 0 Å². The predicted molar refractivity (Wildman–Crippen MR) is 147 cm³/mol. The normalized spacial score (nSPS) is 17.9. The smallest absolute Gasteiger partial charge is 0.228 e. The molecule has 1 aliphatic carbocycles. The molecule has 2 aromatic carbocycles. The Balaban J connectivity index is 1.35. The van der Waals surface area contributed by atoms with E-state index in [-0.39, 0.29) is 17.8 Å². The minimum atomic E-state index is -0.407. The van der Waals surface area contributed by atoms with Crippen LogP contribution in [0.5, 0.6) is 17.4 Å². The van der Waals surface area contributed by atoms with Crippen LogP contribution in [-0.4, -0.2) is 45.8 Å². The third kappa shape index (κ3) is 4.76. The second kappa shape index (κ2) is 10.1. The summed E-state index contributed by atoms with van der Waals surface area (Å²) in [5, 5.41) is 8.59. The fraction of sp³-hybridized carbons (Fsp3) is 0.300. The number of carbonyl (C=O) groups excluding carboxylic acids is 1. The maximum Gasteiger partial charge on any atom is 0.228 e. The Morgan fingerprint density at radius 3 is 2.45 bits per heavy atom. The second-order valence-electron chi connectivity index (χ2n) is 10.6. The van der Waals surface area contributed by atoms with Crippen LogP contribution in [0.3, 0.4) is 0 Å². The number of aromatic nitrogens is 4. The first-order chi connectivity index (χ1) is 19.3. The number of nitrogens with zero attached hydrogens (tertiary/aromatic N) is 5. The molecule has 0 spiro atoms. The molecule has 0 amide bonds. The maximum absolute atomic E-state index is 13.6. The molecule has 204 valence electrons. The summed E-state index contributed by atoms with van der Waals surface area (Å²) in [6.45, 7) is 4.21. The molecule has 4 aromatic rings. The van der Waals surface area contributed by atoms with Gasteiger partial charge in [0.05, 0.1) is 26.0 Å². The zero-order valence-corrected chi connectivity index (χ0v) is 22.7. The molecule has 1 aliphatic heterocycles. The van der Waals surface area contributed by atoms with Crippen LogP contribution in [0.1, 0.15) is 55.1 Å². The van der Waals surface area contributed by atoms with Gasteiger partial charge in [-0.05, 0) is 52.9 Å². The van der Waals surface area contributed by atoms with E-state index in [9.17, 15) is 4.79 Å². The summed E-state index contributed by atoms with van der Waals surface area (Å²) >= 11 is 0. The number of allylic oxidation sites excluding steroid dienone is 2. The number of carbonyl (C=O) groups is 1. The second-order valence-corrected chi connectivity index (χ2v) is 10.6. The van der Waals surface area contributed by atoms with Gasteiger partial charge in [0.1, 0.15) is 23.6 Å². The highest BCUT2D eigenvalue weighted by Crippen LogP contribution is 2.50. The highest BCUT2D eigenvalue weighted by atomic mass is 16.6. The molecule has 0 bridgehead atoms. The molecule has 10 heteroatoms. The topological polar surface area (TPSA) is 109 Å². The zero-order chi connectivity index (χ0) is 27.9. The van der Waals surface area contributed by atoms with Crippen molar-refractivity contribution in [3.8, 4) is 17.4 Å². The molecule has 40 heavy (non-hydrogen) atoms. The van der Waals surface area contributed by atoms with Gasteiger partial charge < -0.3 is 19.0 Å². The number of hydrogen-bond donors (Lipinski definition) is 0. The van der Waals surface area contributed by atoms with Crippen LogP contribution in [0.4, 0.5) is 0 Å². The summed E-state index contributed by atoms with van der Waals surface area (Å²) in [5.41, 5.74) is 3.48.